The number of rotatable bonds is 2. The van der Waals surface area contributed by atoms with E-state index in [1.807, 2.05) is 13.8 Å². The molecule has 0 amide bonds. The molecule has 0 N–H and O–H groups in total. The summed E-state index contributed by atoms with van der Waals surface area (Å²) in [6.07, 6.45) is 3.60. The van der Waals surface area contributed by atoms with Crippen LogP contribution in [0.4, 0.5) is 4.39 Å². The predicted octanol–water partition coefficient (Wildman–Crippen LogP) is 3.94. The average molecular weight is 246 g/mol. The maximum absolute atomic E-state index is 13.1. The van der Waals surface area contributed by atoms with Gasteiger partial charge in [0.05, 0.1) is 19.9 Å². The molecule has 2 rings (SSSR count). The highest BCUT2D eigenvalue weighted by molar-refractivity contribution is 4.93. The van der Waals surface area contributed by atoms with Gasteiger partial charge in [-0.15, -0.1) is 0 Å². The third kappa shape index (κ3) is 3.00. The van der Waals surface area contributed by atoms with Crippen molar-refractivity contribution in [1.29, 1.82) is 0 Å². The molecule has 2 nitrogen and oxygen atoms in total. The molecule has 102 valence electrons. The van der Waals surface area contributed by atoms with E-state index in [2.05, 4.69) is 13.8 Å². The van der Waals surface area contributed by atoms with Gasteiger partial charge in [0.25, 0.3) is 0 Å². The average Bonchev–Trinajstić information content (AvgIpc) is 2.84. The minimum atomic E-state index is -0.366. The van der Waals surface area contributed by atoms with E-state index in [1.165, 1.54) is 0 Å². The minimum Gasteiger partial charge on any atom is -0.348 e. The van der Waals surface area contributed by atoms with Crippen LogP contribution in [0.25, 0.3) is 0 Å². The van der Waals surface area contributed by atoms with Crippen LogP contribution in [0.1, 0.15) is 53.4 Å². The van der Waals surface area contributed by atoms with Gasteiger partial charge in [-0.05, 0) is 17.8 Å². The minimum absolute atomic E-state index is 0.157. The van der Waals surface area contributed by atoms with Gasteiger partial charge >= 0.3 is 0 Å². The van der Waals surface area contributed by atoms with E-state index in [9.17, 15) is 4.39 Å². The van der Waals surface area contributed by atoms with Crippen molar-refractivity contribution in [1.82, 2.24) is 0 Å². The monoisotopic (exact) mass is 246 g/mol. The summed E-state index contributed by atoms with van der Waals surface area (Å²) in [4.78, 5) is 0. The summed E-state index contributed by atoms with van der Waals surface area (Å²) in [5, 5.41) is 0. The Morgan fingerprint density at radius 1 is 1.18 bits per heavy atom. The van der Waals surface area contributed by atoms with Gasteiger partial charge in [-0.1, -0.05) is 34.1 Å². The number of ether oxygens (including phenoxy) is 2. The molecule has 0 bridgehead atoms. The normalized spacial score (nSPS) is 35.5. The molecule has 17 heavy (non-hydrogen) atoms. The van der Waals surface area contributed by atoms with Crippen molar-refractivity contribution in [2.24, 2.45) is 11.3 Å². The molecule has 2 aliphatic rings. The highest BCUT2D eigenvalue weighted by Gasteiger charge is 2.49. The van der Waals surface area contributed by atoms with Crippen molar-refractivity contribution < 1.29 is 13.9 Å². The summed E-state index contributed by atoms with van der Waals surface area (Å²) in [5.74, 6) is 0.0179. The first-order valence-corrected chi connectivity index (χ1v) is 6.98. The van der Waals surface area contributed by atoms with Crippen LogP contribution in [0.5, 0.6) is 0 Å². The fourth-order valence-electron chi connectivity index (χ4n) is 2.98. The molecule has 1 aliphatic heterocycles. The molecule has 3 heteroatoms. The van der Waals surface area contributed by atoms with E-state index >= 15 is 0 Å². The zero-order chi connectivity index (χ0) is 12.9. The molecule has 0 aromatic heterocycles. The van der Waals surface area contributed by atoms with Gasteiger partial charge in [-0.3, -0.25) is 4.39 Å². The summed E-state index contributed by atoms with van der Waals surface area (Å²) < 4.78 is 24.5. The predicted molar refractivity (Wildman–Crippen MR) is 67.7 cm³/mol. The highest BCUT2D eigenvalue weighted by Crippen LogP contribution is 2.49. The first-order valence-electron chi connectivity index (χ1n) is 6.98. The van der Waals surface area contributed by atoms with Crippen LogP contribution in [0.3, 0.4) is 0 Å². The first kappa shape index (κ1) is 14.9. The topological polar surface area (TPSA) is 18.5 Å². The van der Waals surface area contributed by atoms with Crippen molar-refractivity contribution in [3.8, 4) is 0 Å². The van der Waals surface area contributed by atoms with E-state index in [0.29, 0.717) is 19.1 Å². The highest BCUT2D eigenvalue weighted by atomic mass is 19.1. The molecular weight excluding hydrogens is 219 g/mol. The summed E-state index contributed by atoms with van der Waals surface area (Å²) in [5.41, 5.74) is -0.157. The molecule has 0 aromatic carbocycles. The van der Waals surface area contributed by atoms with Gasteiger partial charge in [0.2, 0.25) is 0 Å². The quantitative estimate of drug-likeness (QED) is 0.734. The van der Waals surface area contributed by atoms with Crippen LogP contribution >= 0.6 is 0 Å². The van der Waals surface area contributed by atoms with Crippen LogP contribution in [0, 0.1) is 11.3 Å². The Balaban J connectivity index is 0.000000686. The number of halogens is 1. The van der Waals surface area contributed by atoms with Gasteiger partial charge in [-0.2, -0.15) is 0 Å². The maximum atomic E-state index is 13.1. The first-order chi connectivity index (χ1) is 8.14. The van der Waals surface area contributed by atoms with Gasteiger partial charge < -0.3 is 9.47 Å². The zero-order valence-corrected chi connectivity index (χ0v) is 11.7. The smallest absolute Gasteiger partial charge is 0.168 e. The lowest BCUT2D eigenvalue weighted by molar-refractivity contribution is -0.207. The molecule has 1 aliphatic carbocycles. The maximum Gasteiger partial charge on any atom is 0.168 e. The molecule has 2 fully saturated rings. The second kappa shape index (κ2) is 6.14. The van der Waals surface area contributed by atoms with Gasteiger partial charge in [0.15, 0.2) is 5.79 Å². The number of alkyl halides is 1. The molecule has 1 saturated carbocycles. The van der Waals surface area contributed by atoms with Crippen molar-refractivity contribution >= 4 is 0 Å². The second-order valence-electron chi connectivity index (χ2n) is 5.20. The van der Waals surface area contributed by atoms with Crippen molar-refractivity contribution in [2.75, 3.05) is 19.9 Å². The Labute approximate surface area is 105 Å². The lowest BCUT2D eigenvalue weighted by Crippen LogP contribution is -2.45. The van der Waals surface area contributed by atoms with Crippen molar-refractivity contribution in [3.63, 3.8) is 0 Å². The van der Waals surface area contributed by atoms with E-state index in [1.54, 1.807) is 0 Å². The molecule has 2 unspecified atom stereocenters. The molecule has 0 radical (unpaired) electrons. The van der Waals surface area contributed by atoms with E-state index in [0.717, 1.165) is 25.7 Å². The van der Waals surface area contributed by atoms with Crippen molar-refractivity contribution in [2.45, 2.75) is 59.2 Å². The number of hydrogen-bond donors (Lipinski definition) is 0. The Kier molecular flexibility index (Phi) is 5.39. The fraction of sp³-hybridized carbons (Fsp3) is 1.00. The molecule has 0 aromatic rings. The summed E-state index contributed by atoms with van der Waals surface area (Å²) in [7, 11) is 0. The fourth-order valence-corrected chi connectivity index (χ4v) is 2.98. The largest absolute Gasteiger partial charge is 0.348 e. The SMILES string of the molecule is CC.CCC1CC2(CCC1(C)CF)OCCO2. The third-order valence-electron chi connectivity index (χ3n) is 4.23. The van der Waals surface area contributed by atoms with Crippen LogP contribution in [0.15, 0.2) is 0 Å². The van der Waals surface area contributed by atoms with E-state index in [4.69, 9.17) is 9.47 Å². The van der Waals surface area contributed by atoms with Crippen LogP contribution < -0.4 is 0 Å². The molecule has 1 spiro atoms. The Morgan fingerprint density at radius 2 is 1.76 bits per heavy atom. The third-order valence-corrected chi connectivity index (χ3v) is 4.23. The Bertz CT molecular complexity index is 226. The molecule has 1 saturated heterocycles. The standard InChI is InChI=1S/C12H21FO2.C2H6/c1-3-10-8-12(14-6-7-15-12)5-4-11(10,2)9-13;1-2/h10H,3-9H2,1-2H3;1-2H3. The van der Waals surface area contributed by atoms with E-state index in [-0.39, 0.29) is 17.9 Å². The molecule has 1 heterocycles. The zero-order valence-electron chi connectivity index (χ0n) is 11.7. The van der Waals surface area contributed by atoms with Crippen LogP contribution in [0.2, 0.25) is 0 Å². The molecule has 2 atom stereocenters. The van der Waals surface area contributed by atoms with Gasteiger partial charge in [-0.25, -0.2) is 0 Å². The van der Waals surface area contributed by atoms with E-state index < -0.39 is 0 Å². The lowest BCUT2D eigenvalue weighted by Gasteiger charge is -2.46. The van der Waals surface area contributed by atoms with Crippen LogP contribution in [-0.4, -0.2) is 25.7 Å². The lowest BCUT2D eigenvalue weighted by atomic mass is 9.65. The number of hydrogen-bond acceptors (Lipinski definition) is 2. The molecular formula is C14H27FO2. The summed E-state index contributed by atoms with van der Waals surface area (Å²) in [6, 6.07) is 0. The van der Waals surface area contributed by atoms with Gasteiger partial charge in [0.1, 0.15) is 0 Å². The summed E-state index contributed by atoms with van der Waals surface area (Å²) in [6.45, 7) is 9.36. The Morgan fingerprint density at radius 3 is 2.24 bits per heavy atom. The van der Waals surface area contributed by atoms with Crippen LogP contribution in [-0.2, 0) is 9.47 Å². The van der Waals surface area contributed by atoms with Crippen molar-refractivity contribution in [3.05, 3.63) is 0 Å². The second-order valence-corrected chi connectivity index (χ2v) is 5.20. The Hall–Kier alpha value is -0.150. The van der Waals surface area contributed by atoms with Gasteiger partial charge in [0, 0.05) is 12.8 Å². The summed E-state index contributed by atoms with van der Waals surface area (Å²) >= 11 is 0.